The first kappa shape index (κ1) is 14.4. The van der Waals surface area contributed by atoms with E-state index in [1.54, 1.807) is 0 Å². The van der Waals surface area contributed by atoms with Gasteiger partial charge in [-0.15, -0.1) is 0 Å². The number of aromatic nitrogens is 1. The molecule has 0 unspecified atom stereocenters. The molecule has 1 aromatic rings. The Morgan fingerprint density at radius 1 is 1.32 bits per heavy atom. The monoisotopic (exact) mass is 263 g/mol. The lowest BCUT2D eigenvalue weighted by atomic mass is 10.0. The Balaban J connectivity index is 1.78. The molecule has 0 aliphatic carbocycles. The lowest BCUT2D eigenvalue weighted by Gasteiger charge is -2.41. The normalized spacial score (nSPS) is 17.6. The lowest BCUT2D eigenvalue weighted by Crippen LogP contribution is -2.54. The average Bonchev–Trinajstić information content (AvgIpc) is 2.42. The maximum Gasteiger partial charge on any atom is 0.0594 e. The number of morpholine rings is 1. The Hall–Kier alpha value is -0.970. The van der Waals surface area contributed by atoms with Gasteiger partial charge < -0.3 is 10.1 Å². The molecular weight excluding hydrogens is 238 g/mol. The summed E-state index contributed by atoms with van der Waals surface area (Å²) in [5, 5.41) is 3.54. The Labute approximate surface area is 116 Å². The third-order valence-corrected chi connectivity index (χ3v) is 3.73. The van der Waals surface area contributed by atoms with Crippen molar-refractivity contribution in [3.05, 3.63) is 29.6 Å². The zero-order valence-corrected chi connectivity index (χ0v) is 12.3. The molecule has 1 aliphatic heterocycles. The predicted octanol–water partition coefficient (Wildman–Crippen LogP) is 1.59. The van der Waals surface area contributed by atoms with Crippen LogP contribution in [0.2, 0.25) is 0 Å². The molecule has 1 saturated heterocycles. The highest BCUT2D eigenvalue weighted by atomic mass is 16.5. The molecule has 1 aromatic heterocycles. The van der Waals surface area contributed by atoms with Gasteiger partial charge in [-0.1, -0.05) is 6.07 Å². The quantitative estimate of drug-likeness (QED) is 0.875. The second kappa shape index (κ2) is 6.46. The molecule has 0 bridgehead atoms. The summed E-state index contributed by atoms with van der Waals surface area (Å²) in [5.74, 6) is 0. The van der Waals surface area contributed by atoms with Gasteiger partial charge in [0.05, 0.1) is 13.2 Å². The predicted molar refractivity (Wildman–Crippen MR) is 77.2 cm³/mol. The molecule has 0 saturated carbocycles. The van der Waals surface area contributed by atoms with Crippen LogP contribution in [0.1, 0.15) is 25.1 Å². The van der Waals surface area contributed by atoms with E-state index in [1.807, 2.05) is 13.1 Å². The van der Waals surface area contributed by atoms with Gasteiger partial charge in [0.1, 0.15) is 0 Å². The van der Waals surface area contributed by atoms with Crippen molar-refractivity contribution in [1.82, 2.24) is 15.2 Å². The Bertz CT molecular complexity index is 383. The average molecular weight is 263 g/mol. The SMILES string of the molecule is Cc1ccc(CNCC(C)(C)N2CCOCC2)cn1. The van der Waals surface area contributed by atoms with E-state index in [4.69, 9.17) is 4.74 Å². The summed E-state index contributed by atoms with van der Waals surface area (Å²) >= 11 is 0. The Morgan fingerprint density at radius 2 is 2.05 bits per heavy atom. The van der Waals surface area contributed by atoms with Crippen molar-refractivity contribution in [2.75, 3.05) is 32.8 Å². The number of ether oxygens (including phenoxy) is 1. The summed E-state index contributed by atoms with van der Waals surface area (Å²) in [7, 11) is 0. The second-order valence-corrected chi connectivity index (χ2v) is 5.82. The van der Waals surface area contributed by atoms with E-state index in [0.29, 0.717) is 0 Å². The van der Waals surface area contributed by atoms with Crippen LogP contribution in [0.5, 0.6) is 0 Å². The van der Waals surface area contributed by atoms with Crippen LogP contribution in [0.25, 0.3) is 0 Å². The van der Waals surface area contributed by atoms with Crippen LogP contribution in [0.15, 0.2) is 18.3 Å². The molecule has 1 N–H and O–H groups in total. The van der Waals surface area contributed by atoms with Crippen molar-refractivity contribution in [3.8, 4) is 0 Å². The molecule has 2 heterocycles. The summed E-state index contributed by atoms with van der Waals surface area (Å²) in [4.78, 5) is 6.81. The summed E-state index contributed by atoms with van der Waals surface area (Å²) < 4.78 is 5.41. The summed E-state index contributed by atoms with van der Waals surface area (Å²) in [6.07, 6.45) is 1.95. The van der Waals surface area contributed by atoms with Crippen LogP contribution >= 0.6 is 0 Å². The van der Waals surface area contributed by atoms with Crippen LogP contribution < -0.4 is 5.32 Å². The molecule has 19 heavy (non-hydrogen) atoms. The number of hydrogen-bond acceptors (Lipinski definition) is 4. The largest absolute Gasteiger partial charge is 0.379 e. The van der Waals surface area contributed by atoms with E-state index < -0.39 is 0 Å². The number of nitrogens with one attached hydrogen (secondary N) is 1. The van der Waals surface area contributed by atoms with Crippen molar-refractivity contribution in [2.24, 2.45) is 0 Å². The van der Waals surface area contributed by atoms with E-state index in [-0.39, 0.29) is 5.54 Å². The van der Waals surface area contributed by atoms with Gasteiger partial charge in [-0.3, -0.25) is 9.88 Å². The minimum absolute atomic E-state index is 0.169. The minimum atomic E-state index is 0.169. The van der Waals surface area contributed by atoms with Crippen LogP contribution in [0.4, 0.5) is 0 Å². The number of rotatable bonds is 5. The van der Waals surface area contributed by atoms with Gasteiger partial charge in [0.15, 0.2) is 0 Å². The molecule has 2 rings (SSSR count). The molecule has 0 atom stereocenters. The summed E-state index contributed by atoms with van der Waals surface area (Å²) in [5.41, 5.74) is 2.47. The number of pyridine rings is 1. The van der Waals surface area contributed by atoms with E-state index in [0.717, 1.165) is 45.1 Å². The highest BCUT2D eigenvalue weighted by Crippen LogP contribution is 2.15. The van der Waals surface area contributed by atoms with E-state index >= 15 is 0 Å². The molecular formula is C15H25N3O. The highest BCUT2D eigenvalue weighted by molar-refractivity contribution is 5.12. The fraction of sp³-hybridized carbons (Fsp3) is 0.667. The minimum Gasteiger partial charge on any atom is -0.379 e. The van der Waals surface area contributed by atoms with Gasteiger partial charge in [-0.2, -0.15) is 0 Å². The maximum absolute atomic E-state index is 5.41. The number of hydrogen-bond donors (Lipinski definition) is 1. The van der Waals surface area contributed by atoms with Gasteiger partial charge in [-0.25, -0.2) is 0 Å². The second-order valence-electron chi connectivity index (χ2n) is 5.82. The van der Waals surface area contributed by atoms with Gasteiger partial charge >= 0.3 is 0 Å². The molecule has 1 aliphatic rings. The third kappa shape index (κ3) is 4.27. The Morgan fingerprint density at radius 3 is 2.68 bits per heavy atom. The fourth-order valence-electron chi connectivity index (χ4n) is 2.40. The number of nitrogens with zero attached hydrogens (tertiary/aromatic N) is 2. The van der Waals surface area contributed by atoms with Gasteiger partial charge in [0, 0.05) is 43.6 Å². The van der Waals surface area contributed by atoms with Gasteiger partial charge in [-0.05, 0) is 32.4 Å². The fourth-order valence-corrected chi connectivity index (χ4v) is 2.40. The molecule has 0 radical (unpaired) electrons. The van der Waals surface area contributed by atoms with Crippen LogP contribution in [0.3, 0.4) is 0 Å². The van der Waals surface area contributed by atoms with Gasteiger partial charge in [0.25, 0.3) is 0 Å². The first-order chi connectivity index (χ1) is 9.08. The number of aryl methyl sites for hydroxylation is 1. The molecule has 106 valence electrons. The lowest BCUT2D eigenvalue weighted by molar-refractivity contribution is -0.00967. The van der Waals surface area contributed by atoms with Crippen LogP contribution in [-0.2, 0) is 11.3 Å². The van der Waals surface area contributed by atoms with Crippen molar-refractivity contribution in [1.29, 1.82) is 0 Å². The van der Waals surface area contributed by atoms with Crippen molar-refractivity contribution in [2.45, 2.75) is 32.9 Å². The van der Waals surface area contributed by atoms with Crippen molar-refractivity contribution >= 4 is 0 Å². The molecule has 4 heteroatoms. The zero-order chi connectivity index (χ0) is 13.7. The van der Waals surface area contributed by atoms with E-state index in [1.165, 1.54) is 5.56 Å². The summed E-state index contributed by atoms with van der Waals surface area (Å²) in [6, 6.07) is 4.20. The first-order valence-corrected chi connectivity index (χ1v) is 7.03. The first-order valence-electron chi connectivity index (χ1n) is 7.03. The third-order valence-electron chi connectivity index (χ3n) is 3.73. The zero-order valence-electron chi connectivity index (χ0n) is 12.3. The summed E-state index contributed by atoms with van der Waals surface area (Å²) in [6.45, 7) is 12.2. The molecule has 4 nitrogen and oxygen atoms in total. The molecule has 1 fully saturated rings. The van der Waals surface area contributed by atoms with Gasteiger partial charge in [0.2, 0.25) is 0 Å². The van der Waals surface area contributed by atoms with E-state index in [2.05, 4.69) is 41.2 Å². The van der Waals surface area contributed by atoms with Crippen molar-refractivity contribution < 1.29 is 4.74 Å². The van der Waals surface area contributed by atoms with Crippen LogP contribution in [0, 0.1) is 6.92 Å². The maximum atomic E-state index is 5.41. The standard InChI is InChI=1S/C15H25N3O/c1-13-4-5-14(11-17-13)10-16-12-15(2,3)18-6-8-19-9-7-18/h4-5,11,16H,6-10,12H2,1-3H3. The van der Waals surface area contributed by atoms with Crippen molar-refractivity contribution in [3.63, 3.8) is 0 Å². The molecule has 0 amide bonds. The van der Waals surface area contributed by atoms with Crippen LogP contribution in [-0.4, -0.2) is 48.3 Å². The molecule has 0 spiro atoms. The smallest absolute Gasteiger partial charge is 0.0594 e. The van der Waals surface area contributed by atoms with E-state index in [9.17, 15) is 0 Å². The topological polar surface area (TPSA) is 37.4 Å². The Kier molecular flexibility index (Phi) is 4.91. The molecule has 0 aromatic carbocycles. The highest BCUT2D eigenvalue weighted by Gasteiger charge is 2.27.